The van der Waals surface area contributed by atoms with Gasteiger partial charge in [-0.3, -0.25) is 10.1 Å². The molecule has 1 rings (SSSR count). The van der Waals surface area contributed by atoms with E-state index in [1.807, 2.05) is 5.32 Å². The molecule has 0 aliphatic carbocycles. The van der Waals surface area contributed by atoms with Crippen molar-refractivity contribution in [3.05, 3.63) is 18.1 Å². The number of imide groups is 1. The first-order valence-corrected chi connectivity index (χ1v) is 5.84. The smallest absolute Gasteiger partial charge is 0.361 e. The summed E-state index contributed by atoms with van der Waals surface area (Å²) in [7, 11) is 1.47. The van der Waals surface area contributed by atoms with Gasteiger partial charge in [0.2, 0.25) is 0 Å². The molecule has 10 nitrogen and oxygen atoms in total. The van der Waals surface area contributed by atoms with E-state index >= 15 is 0 Å². The Morgan fingerprint density at radius 3 is 2.67 bits per heavy atom. The van der Waals surface area contributed by atoms with E-state index in [0.29, 0.717) is 6.61 Å². The summed E-state index contributed by atoms with van der Waals surface area (Å²) in [5.41, 5.74) is 5.23. The van der Waals surface area contributed by atoms with E-state index in [1.54, 1.807) is 0 Å². The van der Waals surface area contributed by atoms with Crippen molar-refractivity contribution in [1.29, 1.82) is 0 Å². The molecule has 0 unspecified atom stereocenters. The van der Waals surface area contributed by atoms with Crippen molar-refractivity contribution in [2.45, 2.75) is 0 Å². The highest BCUT2D eigenvalue weighted by Gasteiger charge is 2.16. The van der Waals surface area contributed by atoms with Crippen LogP contribution < -0.4 is 16.4 Å². The van der Waals surface area contributed by atoms with Gasteiger partial charge in [0.15, 0.2) is 18.1 Å². The third-order valence-corrected chi connectivity index (χ3v) is 2.10. The van der Waals surface area contributed by atoms with Crippen LogP contribution >= 0.6 is 0 Å². The van der Waals surface area contributed by atoms with Gasteiger partial charge in [-0.15, -0.1) is 0 Å². The van der Waals surface area contributed by atoms with Crippen LogP contribution in [0.15, 0.2) is 12.4 Å². The molecular weight excluding hydrogens is 282 g/mol. The highest BCUT2D eigenvalue weighted by atomic mass is 16.5. The van der Waals surface area contributed by atoms with Crippen LogP contribution in [0.2, 0.25) is 0 Å². The maximum absolute atomic E-state index is 11.6. The molecule has 0 bridgehead atoms. The lowest BCUT2D eigenvalue weighted by atomic mass is 10.4. The van der Waals surface area contributed by atoms with E-state index in [4.69, 9.17) is 10.5 Å². The Balaban J connectivity index is 2.34. The fourth-order valence-corrected chi connectivity index (χ4v) is 1.18. The zero-order valence-corrected chi connectivity index (χ0v) is 11.3. The Morgan fingerprint density at radius 1 is 1.29 bits per heavy atom. The predicted molar refractivity (Wildman–Crippen MR) is 70.1 cm³/mol. The minimum atomic E-state index is -0.907. The standard InChI is InChI=1S/C11H15N5O5/c1-20-5-4-15-11(19)16-7(17)6-21-10(18)8-9(12)14-3-2-13-8/h2-3H,4-6H2,1H3,(H2,12,14)(H2,15,16,17,19). The Hall–Kier alpha value is -2.75. The molecular formula is C11H15N5O5. The number of nitrogens with zero attached hydrogens (tertiary/aromatic N) is 2. The summed E-state index contributed by atoms with van der Waals surface area (Å²) >= 11 is 0. The van der Waals surface area contributed by atoms with Crippen LogP contribution in [0.4, 0.5) is 10.6 Å². The molecule has 0 aliphatic rings. The van der Waals surface area contributed by atoms with Gasteiger partial charge in [-0.2, -0.15) is 0 Å². The Morgan fingerprint density at radius 2 is 2.00 bits per heavy atom. The molecule has 10 heteroatoms. The molecule has 0 saturated heterocycles. The molecule has 1 aromatic rings. The third kappa shape index (κ3) is 5.82. The molecule has 0 aliphatic heterocycles. The molecule has 1 heterocycles. The first-order valence-electron chi connectivity index (χ1n) is 5.84. The van der Waals surface area contributed by atoms with E-state index in [2.05, 4.69) is 20.0 Å². The van der Waals surface area contributed by atoms with Crippen LogP contribution in [-0.4, -0.2) is 54.7 Å². The molecule has 0 saturated carbocycles. The summed E-state index contributed by atoms with van der Waals surface area (Å²) in [5, 5.41) is 4.34. The second kappa shape index (κ2) is 8.43. The predicted octanol–water partition coefficient (Wildman–Crippen LogP) is -1.31. The van der Waals surface area contributed by atoms with Crippen LogP contribution in [0.25, 0.3) is 0 Å². The number of amides is 3. The van der Waals surface area contributed by atoms with Crippen LogP contribution in [0.1, 0.15) is 10.5 Å². The van der Waals surface area contributed by atoms with Gasteiger partial charge in [0.1, 0.15) is 0 Å². The summed E-state index contributed by atoms with van der Waals surface area (Å²) in [5.74, 6) is -1.81. The van der Waals surface area contributed by atoms with Crippen molar-refractivity contribution < 1.29 is 23.9 Å². The van der Waals surface area contributed by atoms with E-state index < -0.39 is 24.5 Å². The number of carbonyl (C=O) groups excluding carboxylic acids is 3. The largest absolute Gasteiger partial charge is 0.451 e. The lowest BCUT2D eigenvalue weighted by Gasteiger charge is -2.07. The number of methoxy groups -OCH3 is 1. The number of nitrogens with one attached hydrogen (secondary N) is 2. The number of nitrogen functional groups attached to an aromatic ring is 1. The van der Waals surface area contributed by atoms with Crippen molar-refractivity contribution in [3.63, 3.8) is 0 Å². The second-order valence-corrected chi connectivity index (χ2v) is 3.66. The van der Waals surface area contributed by atoms with Gasteiger partial charge in [-0.1, -0.05) is 0 Å². The summed E-state index contributed by atoms with van der Waals surface area (Å²) in [4.78, 5) is 41.5. The van der Waals surface area contributed by atoms with Crippen molar-refractivity contribution in [2.24, 2.45) is 0 Å². The van der Waals surface area contributed by atoms with Gasteiger partial charge in [0, 0.05) is 26.0 Å². The molecule has 0 fully saturated rings. The number of aromatic nitrogens is 2. The molecule has 0 radical (unpaired) electrons. The molecule has 0 spiro atoms. The SMILES string of the molecule is COCCNC(=O)NC(=O)COC(=O)c1nccnc1N. The number of anilines is 1. The number of carbonyl (C=O) groups is 3. The van der Waals surface area contributed by atoms with E-state index in [9.17, 15) is 14.4 Å². The molecule has 3 amide bonds. The quantitative estimate of drug-likeness (QED) is 0.433. The lowest BCUT2D eigenvalue weighted by Crippen LogP contribution is -2.42. The van der Waals surface area contributed by atoms with Crippen molar-refractivity contribution in [1.82, 2.24) is 20.6 Å². The number of urea groups is 1. The highest BCUT2D eigenvalue weighted by molar-refractivity contribution is 5.97. The number of ether oxygens (including phenoxy) is 2. The average Bonchev–Trinajstić information content (AvgIpc) is 2.45. The first-order chi connectivity index (χ1) is 10.0. The van der Waals surface area contributed by atoms with Gasteiger partial charge in [0.05, 0.1) is 6.61 Å². The Labute approximate surface area is 120 Å². The number of hydrogen-bond acceptors (Lipinski definition) is 8. The van der Waals surface area contributed by atoms with E-state index in [0.717, 1.165) is 0 Å². The third-order valence-electron chi connectivity index (χ3n) is 2.10. The van der Waals surface area contributed by atoms with Crippen LogP contribution in [0.5, 0.6) is 0 Å². The maximum Gasteiger partial charge on any atom is 0.361 e. The monoisotopic (exact) mass is 297 g/mol. The Bertz CT molecular complexity index is 521. The molecule has 1 aromatic heterocycles. The van der Waals surface area contributed by atoms with Crippen molar-refractivity contribution in [2.75, 3.05) is 32.6 Å². The van der Waals surface area contributed by atoms with Gasteiger partial charge in [0.25, 0.3) is 5.91 Å². The van der Waals surface area contributed by atoms with Gasteiger partial charge >= 0.3 is 12.0 Å². The summed E-state index contributed by atoms with van der Waals surface area (Å²) in [6, 6.07) is -0.716. The molecule has 114 valence electrons. The maximum atomic E-state index is 11.6. The average molecular weight is 297 g/mol. The summed E-state index contributed by atoms with van der Waals surface area (Å²) in [6.45, 7) is -0.0966. The zero-order chi connectivity index (χ0) is 15.7. The van der Waals surface area contributed by atoms with Crippen LogP contribution in [0, 0.1) is 0 Å². The van der Waals surface area contributed by atoms with Gasteiger partial charge in [-0.05, 0) is 0 Å². The van der Waals surface area contributed by atoms with Crippen molar-refractivity contribution >= 4 is 23.7 Å². The molecule has 0 aromatic carbocycles. The minimum Gasteiger partial charge on any atom is -0.451 e. The fourth-order valence-electron chi connectivity index (χ4n) is 1.18. The van der Waals surface area contributed by atoms with Crippen molar-refractivity contribution in [3.8, 4) is 0 Å². The van der Waals surface area contributed by atoms with E-state index in [1.165, 1.54) is 19.5 Å². The Kier molecular flexibility index (Phi) is 6.54. The molecule has 21 heavy (non-hydrogen) atoms. The first kappa shape index (κ1) is 16.3. The number of nitrogens with two attached hydrogens (primary N) is 1. The molecule has 4 N–H and O–H groups in total. The van der Waals surface area contributed by atoms with E-state index in [-0.39, 0.29) is 18.1 Å². The number of rotatable bonds is 6. The number of esters is 1. The summed E-state index contributed by atoms with van der Waals surface area (Å²) in [6.07, 6.45) is 2.57. The molecule has 0 atom stereocenters. The normalized spacial score (nSPS) is 9.76. The van der Waals surface area contributed by atoms with Gasteiger partial charge in [-0.25, -0.2) is 19.6 Å². The van der Waals surface area contributed by atoms with Gasteiger partial charge < -0.3 is 20.5 Å². The summed E-state index contributed by atoms with van der Waals surface area (Å²) < 4.78 is 9.37. The topological polar surface area (TPSA) is 146 Å². The lowest BCUT2D eigenvalue weighted by molar-refractivity contribution is -0.123. The second-order valence-electron chi connectivity index (χ2n) is 3.66. The number of hydrogen-bond donors (Lipinski definition) is 3. The minimum absolute atomic E-state index is 0.111. The fraction of sp³-hybridized carbons (Fsp3) is 0.364. The van der Waals surface area contributed by atoms with Crippen LogP contribution in [-0.2, 0) is 14.3 Å². The zero-order valence-electron chi connectivity index (χ0n) is 11.3. The highest BCUT2D eigenvalue weighted by Crippen LogP contribution is 2.04. The van der Waals surface area contributed by atoms with Crippen LogP contribution in [0.3, 0.4) is 0 Å².